The number of nitrogens with one attached hydrogen (secondary N) is 2. The lowest BCUT2D eigenvalue weighted by Crippen LogP contribution is -2.31. The Morgan fingerprint density at radius 3 is 2.38 bits per heavy atom. The van der Waals surface area contributed by atoms with Crippen molar-refractivity contribution in [3.8, 4) is 0 Å². The molecule has 1 aromatic rings. The van der Waals surface area contributed by atoms with E-state index in [0.717, 1.165) is 18.8 Å². The SMILES string of the molecule is CC(=O)NCCC(=O)O[C@H](C)C(=O)Nc1ccc(N2CCCCC2)cc1. The molecule has 0 bridgehead atoms. The molecule has 0 radical (unpaired) electrons. The lowest BCUT2D eigenvalue weighted by molar-refractivity contribution is -0.153. The van der Waals surface area contributed by atoms with Gasteiger partial charge >= 0.3 is 5.97 Å². The summed E-state index contributed by atoms with van der Waals surface area (Å²) in [6.07, 6.45) is 2.84. The largest absolute Gasteiger partial charge is 0.452 e. The van der Waals surface area contributed by atoms with Crippen LogP contribution >= 0.6 is 0 Å². The van der Waals surface area contributed by atoms with Crippen LogP contribution in [0.5, 0.6) is 0 Å². The lowest BCUT2D eigenvalue weighted by atomic mass is 10.1. The van der Waals surface area contributed by atoms with Gasteiger partial charge in [0.15, 0.2) is 6.10 Å². The lowest BCUT2D eigenvalue weighted by Gasteiger charge is -2.28. The molecule has 1 saturated heterocycles. The number of ether oxygens (including phenoxy) is 1. The molecule has 7 heteroatoms. The molecule has 2 N–H and O–H groups in total. The second kappa shape index (κ2) is 9.79. The van der Waals surface area contributed by atoms with Gasteiger partial charge in [-0.3, -0.25) is 14.4 Å². The average Bonchev–Trinajstić information content (AvgIpc) is 2.62. The number of benzene rings is 1. The zero-order chi connectivity index (χ0) is 18.9. The Labute approximate surface area is 154 Å². The summed E-state index contributed by atoms with van der Waals surface area (Å²) >= 11 is 0. The number of carbonyl (C=O) groups is 3. The monoisotopic (exact) mass is 361 g/mol. The van der Waals surface area contributed by atoms with Crippen LogP contribution in [0.3, 0.4) is 0 Å². The summed E-state index contributed by atoms with van der Waals surface area (Å²) in [4.78, 5) is 36.9. The minimum Gasteiger partial charge on any atom is -0.452 e. The molecular formula is C19H27N3O4. The third-order valence-electron chi connectivity index (χ3n) is 4.24. The van der Waals surface area contributed by atoms with Gasteiger partial charge in [0, 0.05) is 37.9 Å². The summed E-state index contributed by atoms with van der Waals surface area (Å²) in [5.41, 5.74) is 1.82. The molecule has 0 saturated carbocycles. The Morgan fingerprint density at radius 1 is 1.12 bits per heavy atom. The number of carbonyl (C=O) groups excluding carboxylic acids is 3. The number of nitrogens with zero attached hydrogens (tertiary/aromatic N) is 1. The highest BCUT2D eigenvalue weighted by molar-refractivity contribution is 5.95. The molecule has 0 unspecified atom stereocenters. The van der Waals surface area contributed by atoms with E-state index in [-0.39, 0.29) is 24.8 Å². The predicted octanol–water partition coefficient (Wildman–Crippen LogP) is 2.07. The first-order valence-electron chi connectivity index (χ1n) is 9.05. The number of amides is 2. The van der Waals surface area contributed by atoms with E-state index in [1.807, 2.05) is 24.3 Å². The predicted molar refractivity (Wildman–Crippen MR) is 100.0 cm³/mol. The Balaban J connectivity index is 1.78. The van der Waals surface area contributed by atoms with Crippen molar-refractivity contribution in [3.63, 3.8) is 0 Å². The molecule has 2 rings (SSSR count). The minimum absolute atomic E-state index is 0.0295. The Morgan fingerprint density at radius 2 is 1.77 bits per heavy atom. The Bertz CT molecular complexity index is 624. The molecule has 26 heavy (non-hydrogen) atoms. The van der Waals surface area contributed by atoms with E-state index in [1.54, 1.807) is 0 Å². The third kappa shape index (κ3) is 6.38. The standard InChI is InChI=1S/C19H27N3O4/c1-14(26-18(24)10-11-20-15(2)23)19(25)21-16-6-8-17(9-7-16)22-12-4-3-5-13-22/h6-9,14H,3-5,10-13H2,1-2H3,(H,20,23)(H,21,25)/t14-/m1/s1. The third-order valence-corrected chi connectivity index (χ3v) is 4.24. The highest BCUT2D eigenvalue weighted by Gasteiger charge is 2.18. The second-order valence-corrected chi connectivity index (χ2v) is 6.45. The second-order valence-electron chi connectivity index (χ2n) is 6.45. The fraction of sp³-hybridized carbons (Fsp3) is 0.526. The molecule has 0 spiro atoms. The normalized spacial score (nSPS) is 15.1. The van der Waals surface area contributed by atoms with Gasteiger partial charge in [-0.05, 0) is 50.5 Å². The van der Waals surface area contributed by atoms with Crippen LogP contribution in [-0.2, 0) is 19.1 Å². The molecule has 1 aromatic carbocycles. The van der Waals surface area contributed by atoms with Crippen molar-refractivity contribution in [2.24, 2.45) is 0 Å². The average molecular weight is 361 g/mol. The van der Waals surface area contributed by atoms with E-state index in [9.17, 15) is 14.4 Å². The molecule has 1 aliphatic rings. The van der Waals surface area contributed by atoms with Gasteiger partial charge in [-0.2, -0.15) is 0 Å². The van der Waals surface area contributed by atoms with E-state index in [0.29, 0.717) is 5.69 Å². The molecule has 1 fully saturated rings. The van der Waals surface area contributed by atoms with Gasteiger partial charge in [0.05, 0.1) is 6.42 Å². The van der Waals surface area contributed by atoms with E-state index >= 15 is 0 Å². The molecule has 0 aliphatic carbocycles. The quantitative estimate of drug-likeness (QED) is 0.726. The fourth-order valence-electron chi connectivity index (χ4n) is 2.80. The molecule has 2 amide bonds. The van der Waals surface area contributed by atoms with Crippen molar-refractivity contribution in [2.45, 2.75) is 45.6 Å². The summed E-state index contributed by atoms with van der Waals surface area (Å²) in [6, 6.07) is 7.69. The summed E-state index contributed by atoms with van der Waals surface area (Å²) in [6.45, 7) is 5.22. The molecule has 7 nitrogen and oxygen atoms in total. The zero-order valence-electron chi connectivity index (χ0n) is 15.4. The number of piperidine rings is 1. The van der Waals surface area contributed by atoms with Crippen LogP contribution < -0.4 is 15.5 Å². The maximum Gasteiger partial charge on any atom is 0.308 e. The highest BCUT2D eigenvalue weighted by atomic mass is 16.5. The molecule has 1 heterocycles. The van der Waals surface area contributed by atoms with Crippen molar-refractivity contribution in [2.75, 3.05) is 29.9 Å². The summed E-state index contributed by atoms with van der Waals surface area (Å²) in [5, 5.41) is 5.25. The minimum atomic E-state index is -0.901. The van der Waals surface area contributed by atoms with Crippen LogP contribution in [-0.4, -0.2) is 43.5 Å². The van der Waals surface area contributed by atoms with Gasteiger partial charge in [-0.1, -0.05) is 0 Å². The van der Waals surface area contributed by atoms with Crippen LogP contribution in [0.4, 0.5) is 11.4 Å². The number of esters is 1. The number of rotatable bonds is 7. The Hall–Kier alpha value is -2.57. The van der Waals surface area contributed by atoms with Gasteiger partial charge in [0.2, 0.25) is 5.91 Å². The smallest absolute Gasteiger partial charge is 0.308 e. The first kappa shape index (κ1) is 19.8. The van der Waals surface area contributed by atoms with Gasteiger partial charge in [0.25, 0.3) is 5.91 Å². The van der Waals surface area contributed by atoms with Crippen LogP contribution in [0, 0.1) is 0 Å². The molecule has 1 aliphatic heterocycles. The maximum atomic E-state index is 12.1. The van der Waals surface area contributed by atoms with Crippen LogP contribution in [0.1, 0.15) is 39.5 Å². The van der Waals surface area contributed by atoms with Crippen molar-refractivity contribution < 1.29 is 19.1 Å². The van der Waals surface area contributed by atoms with E-state index in [2.05, 4.69) is 15.5 Å². The van der Waals surface area contributed by atoms with Crippen molar-refractivity contribution in [3.05, 3.63) is 24.3 Å². The van der Waals surface area contributed by atoms with Crippen molar-refractivity contribution >= 4 is 29.2 Å². The number of anilines is 2. The van der Waals surface area contributed by atoms with Crippen LogP contribution in [0.25, 0.3) is 0 Å². The van der Waals surface area contributed by atoms with E-state index < -0.39 is 12.1 Å². The van der Waals surface area contributed by atoms with Crippen LogP contribution in [0.15, 0.2) is 24.3 Å². The zero-order valence-corrected chi connectivity index (χ0v) is 15.4. The van der Waals surface area contributed by atoms with Crippen molar-refractivity contribution in [1.82, 2.24) is 5.32 Å². The van der Waals surface area contributed by atoms with Crippen molar-refractivity contribution in [1.29, 1.82) is 0 Å². The van der Waals surface area contributed by atoms with E-state index in [4.69, 9.17) is 4.74 Å². The van der Waals surface area contributed by atoms with Crippen LogP contribution in [0.2, 0.25) is 0 Å². The topological polar surface area (TPSA) is 87.7 Å². The number of hydrogen-bond acceptors (Lipinski definition) is 5. The Kier molecular flexibility index (Phi) is 7.44. The summed E-state index contributed by atoms with van der Waals surface area (Å²) in [5.74, 6) is -1.12. The van der Waals surface area contributed by atoms with Gasteiger partial charge in [-0.25, -0.2) is 0 Å². The summed E-state index contributed by atoms with van der Waals surface area (Å²) in [7, 11) is 0. The first-order valence-corrected chi connectivity index (χ1v) is 9.05. The van der Waals surface area contributed by atoms with E-state index in [1.165, 1.54) is 33.1 Å². The van der Waals surface area contributed by atoms with Gasteiger partial charge in [0.1, 0.15) is 0 Å². The molecular weight excluding hydrogens is 334 g/mol. The van der Waals surface area contributed by atoms with Gasteiger partial charge in [-0.15, -0.1) is 0 Å². The molecule has 142 valence electrons. The highest BCUT2D eigenvalue weighted by Crippen LogP contribution is 2.21. The molecule has 1 atom stereocenters. The first-order chi connectivity index (χ1) is 12.5. The fourth-order valence-corrected chi connectivity index (χ4v) is 2.80. The number of hydrogen-bond donors (Lipinski definition) is 2. The summed E-state index contributed by atoms with van der Waals surface area (Å²) < 4.78 is 5.07. The van der Waals surface area contributed by atoms with Gasteiger partial charge < -0.3 is 20.3 Å². The molecule has 0 aromatic heterocycles. The maximum absolute atomic E-state index is 12.1.